The van der Waals surface area contributed by atoms with Crippen molar-refractivity contribution in [3.8, 4) is 0 Å². The van der Waals surface area contributed by atoms with E-state index in [0.29, 0.717) is 24.9 Å². The molecule has 0 radical (unpaired) electrons. The molecule has 1 fully saturated rings. The molecule has 1 aromatic rings. The van der Waals surface area contributed by atoms with Crippen molar-refractivity contribution in [2.45, 2.75) is 18.9 Å². The van der Waals surface area contributed by atoms with E-state index >= 15 is 0 Å². The third kappa shape index (κ3) is 2.62. The number of aliphatic hydroxyl groups is 1. The van der Waals surface area contributed by atoms with Crippen molar-refractivity contribution in [2.24, 2.45) is 0 Å². The highest BCUT2D eigenvalue weighted by atomic mass is 16.7. The Morgan fingerprint density at radius 2 is 2.06 bits per heavy atom. The quantitative estimate of drug-likeness (QED) is 0.841. The van der Waals surface area contributed by atoms with Gasteiger partial charge in [0.1, 0.15) is 0 Å². The first-order valence-corrected chi connectivity index (χ1v) is 5.43. The first kappa shape index (κ1) is 11.6. The minimum Gasteiger partial charge on any atom is -0.377 e. The normalized spacial score (nSPS) is 17.0. The van der Waals surface area contributed by atoms with Crippen LogP contribution in [-0.4, -0.2) is 28.6 Å². The van der Waals surface area contributed by atoms with E-state index in [2.05, 4.69) is 0 Å². The fourth-order valence-corrected chi connectivity index (χ4v) is 1.65. The molecule has 1 amide bonds. The fourth-order valence-electron chi connectivity index (χ4n) is 1.65. The zero-order valence-electron chi connectivity index (χ0n) is 9.20. The highest BCUT2D eigenvalue weighted by molar-refractivity contribution is 5.81. The van der Waals surface area contributed by atoms with Crippen LogP contribution in [0.4, 0.5) is 0 Å². The number of hydrogen-bond donors (Lipinski definition) is 1. The molecular formula is C12H13NO4. The molecule has 1 saturated heterocycles. The second kappa shape index (κ2) is 4.97. The maximum atomic E-state index is 11.6. The number of hydroxylamine groups is 2. The van der Waals surface area contributed by atoms with E-state index in [1.165, 1.54) is 0 Å². The van der Waals surface area contributed by atoms with Gasteiger partial charge < -0.3 is 9.94 Å². The Labute approximate surface area is 98.6 Å². The lowest BCUT2D eigenvalue weighted by atomic mass is 10.1. The Balaban J connectivity index is 1.98. The van der Waals surface area contributed by atoms with Crippen LogP contribution in [-0.2, 0) is 14.4 Å². The molecular weight excluding hydrogens is 222 g/mol. The van der Waals surface area contributed by atoms with Crippen molar-refractivity contribution in [1.29, 1.82) is 0 Å². The number of hydrogen-bond acceptors (Lipinski definition) is 4. The molecule has 0 aliphatic carbocycles. The topological polar surface area (TPSA) is 66.8 Å². The van der Waals surface area contributed by atoms with Crippen LogP contribution in [0.15, 0.2) is 30.3 Å². The van der Waals surface area contributed by atoms with Crippen molar-refractivity contribution in [2.75, 3.05) is 6.54 Å². The van der Waals surface area contributed by atoms with E-state index in [9.17, 15) is 14.7 Å². The molecule has 17 heavy (non-hydrogen) atoms. The summed E-state index contributed by atoms with van der Waals surface area (Å²) in [6.45, 7) is 0.395. The van der Waals surface area contributed by atoms with Gasteiger partial charge in [-0.3, -0.25) is 4.79 Å². The SMILES string of the molecule is O=C(ON1CCCC1=O)[C@@H](O)c1ccccc1. The molecule has 90 valence electrons. The second-order valence-corrected chi connectivity index (χ2v) is 3.82. The molecule has 5 heteroatoms. The third-order valence-electron chi connectivity index (χ3n) is 2.57. The Morgan fingerprint density at radius 3 is 2.65 bits per heavy atom. The maximum Gasteiger partial charge on any atom is 0.365 e. The van der Waals surface area contributed by atoms with Gasteiger partial charge in [-0.2, -0.15) is 5.06 Å². The van der Waals surface area contributed by atoms with Crippen molar-refractivity contribution >= 4 is 11.9 Å². The number of nitrogens with zero attached hydrogens (tertiary/aromatic N) is 1. The van der Waals surface area contributed by atoms with Crippen LogP contribution in [0.2, 0.25) is 0 Å². The number of amides is 1. The van der Waals surface area contributed by atoms with Gasteiger partial charge >= 0.3 is 5.97 Å². The van der Waals surface area contributed by atoms with Crippen molar-refractivity contribution < 1.29 is 19.5 Å². The van der Waals surface area contributed by atoms with Crippen molar-refractivity contribution in [3.63, 3.8) is 0 Å². The molecule has 1 aromatic carbocycles. The molecule has 1 N–H and O–H groups in total. The van der Waals surface area contributed by atoms with Gasteiger partial charge in [-0.05, 0) is 12.0 Å². The summed E-state index contributed by atoms with van der Waals surface area (Å²) < 4.78 is 0. The van der Waals surface area contributed by atoms with Gasteiger partial charge in [0.25, 0.3) is 5.91 Å². The Morgan fingerprint density at radius 1 is 1.35 bits per heavy atom. The standard InChI is InChI=1S/C12H13NO4/c14-10-7-4-8-13(10)17-12(16)11(15)9-5-2-1-3-6-9/h1-3,5-6,11,15H,4,7-8H2/t11-/m0/s1. The number of carbonyl (C=O) groups is 2. The summed E-state index contributed by atoms with van der Waals surface area (Å²) in [6, 6.07) is 8.46. The zero-order valence-corrected chi connectivity index (χ0v) is 9.20. The molecule has 1 aliphatic heterocycles. The molecule has 5 nitrogen and oxygen atoms in total. The van der Waals surface area contributed by atoms with Gasteiger partial charge in [-0.25, -0.2) is 4.79 Å². The van der Waals surface area contributed by atoms with Gasteiger partial charge in [0.15, 0.2) is 6.10 Å². The van der Waals surface area contributed by atoms with Gasteiger partial charge in [0, 0.05) is 6.42 Å². The monoisotopic (exact) mass is 235 g/mol. The molecule has 0 unspecified atom stereocenters. The predicted octanol–water partition coefficient (Wildman–Crippen LogP) is 0.801. The zero-order chi connectivity index (χ0) is 12.3. The van der Waals surface area contributed by atoms with Crippen LogP contribution in [0.25, 0.3) is 0 Å². The first-order valence-electron chi connectivity index (χ1n) is 5.43. The van der Waals surface area contributed by atoms with E-state index in [4.69, 9.17) is 4.84 Å². The summed E-state index contributed by atoms with van der Waals surface area (Å²) in [5.41, 5.74) is 0.448. The lowest BCUT2D eigenvalue weighted by Crippen LogP contribution is -2.30. The summed E-state index contributed by atoms with van der Waals surface area (Å²) >= 11 is 0. The maximum absolute atomic E-state index is 11.6. The van der Waals surface area contributed by atoms with Crippen LogP contribution in [0.5, 0.6) is 0 Å². The van der Waals surface area contributed by atoms with Crippen molar-refractivity contribution in [3.05, 3.63) is 35.9 Å². The Hall–Kier alpha value is -1.88. The Bertz CT molecular complexity index is 418. The highest BCUT2D eigenvalue weighted by Gasteiger charge is 2.28. The number of aliphatic hydroxyl groups excluding tert-OH is 1. The molecule has 1 aliphatic rings. The van der Waals surface area contributed by atoms with Crippen LogP contribution in [0.1, 0.15) is 24.5 Å². The first-order chi connectivity index (χ1) is 8.18. The molecule has 0 spiro atoms. The molecule has 1 atom stereocenters. The van der Waals surface area contributed by atoms with E-state index < -0.39 is 12.1 Å². The highest BCUT2D eigenvalue weighted by Crippen LogP contribution is 2.17. The summed E-state index contributed by atoms with van der Waals surface area (Å²) in [6.07, 6.45) is -0.299. The summed E-state index contributed by atoms with van der Waals surface area (Å²) in [4.78, 5) is 27.6. The number of rotatable bonds is 3. The molecule has 0 aromatic heterocycles. The molecule has 2 rings (SSSR count). The lowest BCUT2D eigenvalue weighted by Gasteiger charge is -2.17. The van der Waals surface area contributed by atoms with Gasteiger partial charge in [0.05, 0.1) is 6.54 Å². The molecule has 1 heterocycles. The predicted molar refractivity (Wildman–Crippen MR) is 58.4 cm³/mol. The van der Waals surface area contributed by atoms with Gasteiger partial charge in [0.2, 0.25) is 0 Å². The molecule has 0 bridgehead atoms. The van der Waals surface area contributed by atoms with Crippen LogP contribution in [0.3, 0.4) is 0 Å². The van der Waals surface area contributed by atoms with Crippen LogP contribution in [0, 0.1) is 0 Å². The number of benzene rings is 1. The average Bonchev–Trinajstić information content (AvgIpc) is 2.75. The minimum absolute atomic E-state index is 0.224. The number of carbonyl (C=O) groups excluding carboxylic acids is 2. The summed E-state index contributed by atoms with van der Waals surface area (Å²) in [5.74, 6) is -1.05. The van der Waals surface area contributed by atoms with Crippen LogP contribution < -0.4 is 0 Å². The van der Waals surface area contributed by atoms with Gasteiger partial charge in [-0.15, -0.1) is 0 Å². The summed E-state index contributed by atoms with van der Waals surface area (Å²) in [5, 5.41) is 10.7. The van der Waals surface area contributed by atoms with E-state index in [-0.39, 0.29) is 5.91 Å². The average molecular weight is 235 g/mol. The minimum atomic E-state index is -1.36. The van der Waals surface area contributed by atoms with Crippen molar-refractivity contribution in [1.82, 2.24) is 5.06 Å². The largest absolute Gasteiger partial charge is 0.377 e. The van der Waals surface area contributed by atoms with Crippen LogP contribution >= 0.6 is 0 Å². The lowest BCUT2D eigenvalue weighted by molar-refractivity contribution is -0.200. The fraction of sp³-hybridized carbons (Fsp3) is 0.333. The summed E-state index contributed by atoms with van der Waals surface area (Å²) in [7, 11) is 0. The Kier molecular flexibility index (Phi) is 3.39. The molecule has 0 saturated carbocycles. The third-order valence-corrected chi connectivity index (χ3v) is 2.57. The van der Waals surface area contributed by atoms with E-state index in [0.717, 1.165) is 5.06 Å². The van der Waals surface area contributed by atoms with E-state index in [1.807, 2.05) is 0 Å². The smallest absolute Gasteiger partial charge is 0.365 e. The van der Waals surface area contributed by atoms with E-state index in [1.54, 1.807) is 30.3 Å². The second-order valence-electron chi connectivity index (χ2n) is 3.82. The van der Waals surface area contributed by atoms with Gasteiger partial charge in [-0.1, -0.05) is 30.3 Å².